The monoisotopic (exact) mass is 262 g/mol. The van der Waals surface area contributed by atoms with Crippen molar-refractivity contribution in [3.63, 3.8) is 0 Å². The van der Waals surface area contributed by atoms with E-state index in [1.807, 2.05) is 24.3 Å². The number of carboxylic acid groups (broad SMARTS) is 1. The summed E-state index contributed by atoms with van der Waals surface area (Å²) in [6.07, 6.45) is 1.68. The van der Waals surface area contributed by atoms with E-state index in [0.29, 0.717) is 6.42 Å². The van der Waals surface area contributed by atoms with Crippen LogP contribution in [0.4, 0.5) is 0 Å². The third-order valence-corrected chi connectivity index (χ3v) is 3.26. The Kier molecular flexibility index (Phi) is 4.10. The molecule has 0 spiro atoms. The molecule has 2 rings (SSSR count). The van der Waals surface area contributed by atoms with Gasteiger partial charge in [0, 0.05) is 17.7 Å². The van der Waals surface area contributed by atoms with Crippen molar-refractivity contribution in [2.75, 3.05) is 7.11 Å². The summed E-state index contributed by atoms with van der Waals surface area (Å²) in [5, 5.41) is 9.64. The van der Waals surface area contributed by atoms with E-state index in [0.717, 1.165) is 28.9 Å². The van der Waals surface area contributed by atoms with E-state index in [4.69, 9.17) is 14.3 Å². The van der Waals surface area contributed by atoms with E-state index in [1.165, 1.54) is 0 Å². The van der Waals surface area contributed by atoms with E-state index >= 15 is 0 Å². The molecule has 2 aromatic rings. The average Bonchev–Trinajstić information content (AvgIpc) is 2.80. The molecule has 1 heterocycles. The molecular formula is C15H18O4. The van der Waals surface area contributed by atoms with Crippen LogP contribution in [0.5, 0.6) is 5.75 Å². The predicted molar refractivity (Wildman–Crippen MR) is 72.7 cm³/mol. The number of aliphatic carboxylic acids is 1. The number of carboxylic acids is 1. The number of furan rings is 1. The molecule has 0 radical (unpaired) electrons. The fourth-order valence-electron chi connectivity index (χ4n) is 2.11. The van der Waals surface area contributed by atoms with Crippen LogP contribution in [0.3, 0.4) is 0 Å². The van der Waals surface area contributed by atoms with Crippen LogP contribution in [0.1, 0.15) is 37.9 Å². The summed E-state index contributed by atoms with van der Waals surface area (Å²) in [5.41, 5.74) is 0.834. The van der Waals surface area contributed by atoms with Crippen LogP contribution in [-0.2, 0) is 4.79 Å². The number of hydrogen-bond acceptors (Lipinski definition) is 3. The summed E-state index contributed by atoms with van der Waals surface area (Å²) in [5.74, 6) is 1.17. The molecule has 1 N–H and O–H groups in total. The second-order valence-corrected chi connectivity index (χ2v) is 4.74. The maximum absolute atomic E-state index is 10.5. The number of fused-ring (bicyclic) bond motifs is 1. The third kappa shape index (κ3) is 3.28. The molecule has 0 aliphatic carbocycles. The molecule has 0 bridgehead atoms. The van der Waals surface area contributed by atoms with Crippen molar-refractivity contribution in [2.24, 2.45) is 0 Å². The minimum absolute atomic E-state index is 0.207. The number of benzene rings is 1. The molecule has 1 aromatic carbocycles. The molecular weight excluding hydrogens is 244 g/mol. The van der Waals surface area contributed by atoms with Crippen molar-refractivity contribution < 1.29 is 19.1 Å². The highest BCUT2D eigenvalue weighted by atomic mass is 16.5. The molecule has 0 saturated carbocycles. The summed E-state index contributed by atoms with van der Waals surface area (Å²) < 4.78 is 11.0. The van der Waals surface area contributed by atoms with E-state index in [1.54, 1.807) is 7.11 Å². The molecule has 0 saturated heterocycles. The average molecular weight is 262 g/mol. The summed E-state index contributed by atoms with van der Waals surface area (Å²) in [7, 11) is 1.64. The van der Waals surface area contributed by atoms with Gasteiger partial charge in [-0.05, 0) is 37.1 Å². The Morgan fingerprint density at radius 2 is 2.21 bits per heavy atom. The molecule has 1 aromatic heterocycles. The fraction of sp³-hybridized carbons (Fsp3) is 0.400. The Bertz CT molecular complexity index is 571. The van der Waals surface area contributed by atoms with Gasteiger partial charge in [0.05, 0.1) is 7.11 Å². The third-order valence-electron chi connectivity index (χ3n) is 3.26. The smallest absolute Gasteiger partial charge is 0.303 e. The van der Waals surface area contributed by atoms with E-state index in [2.05, 4.69) is 6.92 Å². The highest BCUT2D eigenvalue weighted by Gasteiger charge is 2.12. The number of ether oxygens (including phenoxy) is 1. The Hall–Kier alpha value is -1.97. The van der Waals surface area contributed by atoms with Crippen LogP contribution in [0.25, 0.3) is 11.0 Å². The van der Waals surface area contributed by atoms with E-state index in [-0.39, 0.29) is 12.3 Å². The quantitative estimate of drug-likeness (QED) is 0.860. The van der Waals surface area contributed by atoms with Gasteiger partial charge >= 0.3 is 5.97 Å². The summed E-state index contributed by atoms with van der Waals surface area (Å²) in [6, 6.07) is 7.70. The lowest BCUT2D eigenvalue weighted by Gasteiger charge is -2.06. The first kappa shape index (κ1) is 13.5. The minimum Gasteiger partial charge on any atom is -0.497 e. The first-order valence-corrected chi connectivity index (χ1v) is 6.39. The zero-order chi connectivity index (χ0) is 13.8. The van der Waals surface area contributed by atoms with Gasteiger partial charge in [-0.25, -0.2) is 0 Å². The van der Waals surface area contributed by atoms with E-state index < -0.39 is 5.97 Å². The molecule has 0 aliphatic heterocycles. The van der Waals surface area contributed by atoms with Crippen molar-refractivity contribution in [1.29, 1.82) is 0 Å². The van der Waals surface area contributed by atoms with Crippen LogP contribution in [0, 0.1) is 0 Å². The number of hydrogen-bond donors (Lipinski definition) is 1. The molecule has 0 fully saturated rings. The second-order valence-electron chi connectivity index (χ2n) is 4.74. The first-order chi connectivity index (χ1) is 9.10. The molecule has 102 valence electrons. The van der Waals surface area contributed by atoms with Crippen LogP contribution in [-0.4, -0.2) is 18.2 Å². The Labute approximate surface area is 112 Å². The standard InChI is InChI=1S/C15H18O4/c1-10(4-3-5-15(16)17)14-9-11-8-12(18-2)6-7-13(11)19-14/h6-10H,3-5H2,1-2H3,(H,16,17)/t10-/m0/s1. The molecule has 4 heteroatoms. The Morgan fingerprint density at radius 1 is 1.42 bits per heavy atom. The number of carbonyl (C=O) groups is 1. The fourth-order valence-corrected chi connectivity index (χ4v) is 2.11. The molecule has 1 atom stereocenters. The summed E-state index contributed by atoms with van der Waals surface area (Å²) in [6.45, 7) is 2.05. The lowest BCUT2D eigenvalue weighted by atomic mass is 10.0. The van der Waals surface area contributed by atoms with Crippen molar-refractivity contribution >= 4 is 16.9 Å². The van der Waals surface area contributed by atoms with Crippen molar-refractivity contribution in [3.05, 3.63) is 30.0 Å². The summed E-state index contributed by atoms with van der Waals surface area (Å²) >= 11 is 0. The van der Waals surface area contributed by atoms with Crippen molar-refractivity contribution in [2.45, 2.75) is 32.1 Å². The molecule has 4 nitrogen and oxygen atoms in total. The van der Waals surface area contributed by atoms with E-state index in [9.17, 15) is 4.79 Å². The van der Waals surface area contributed by atoms with Gasteiger partial charge in [-0.3, -0.25) is 4.79 Å². The second kappa shape index (κ2) is 5.78. The minimum atomic E-state index is -0.749. The maximum Gasteiger partial charge on any atom is 0.303 e. The maximum atomic E-state index is 10.5. The van der Waals surface area contributed by atoms with Crippen LogP contribution < -0.4 is 4.74 Å². The normalized spacial score (nSPS) is 12.5. The highest BCUT2D eigenvalue weighted by Crippen LogP contribution is 2.30. The number of rotatable bonds is 6. The topological polar surface area (TPSA) is 59.7 Å². The van der Waals surface area contributed by atoms with Crippen molar-refractivity contribution in [3.8, 4) is 5.75 Å². The molecule has 0 unspecified atom stereocenters. The zero-order valence-electron chi connectivity index (χ0n) is 11.2. The van der Waals surface area contributed by atoms with Crippen LogP contribution in [0.15, 0.2) is 28.7 Å². The predicted octanol–water partition coefficient (Wildman–Crippen LogP) is 3.80. The van der Waals surface area contributed by atoms with Gasteiger partial charge in [0.25, 0.3) is 0 Å². The van der Waals surface area contributed by atoms with Gasteiger partial charge in [-0.1, -0.05) is 6.92 Å². The molecule has 0 amide bonds. The van der Waals surface area contributed by atoms with Gasteiger partial charge in [0.15, 0.2) is 0 Å². The van der Waals surface area contributed by atoms with Gasteiger partial charge < -0.3 is 14.3 Å². The van der Waals surface area contributed by atoms with Gasteiger partial charge in [0.1, 0.15) is 17.1 Å². The lowest BCUT2D eigenvalue weighted by molar-refractivity contribution is -0.137. The van der Waals surface area contributed by atoms with Crippen LogP contribution in [0.2, 0.25) is 0 Å². The SMILES string of the molecule is COc1ccc2oc([C@@H](C)CCCC(=O)O)cc2c1. The van der Waals surface area contributed by atoms with Gasteiger partial charge in [-0.2, -0.15) is 0 Å². The number of methoxy groups -OCH3 is 1. The molecule has 19 heavy (non-hydrogen) atoms. The lowest BCUT2D eigenvalue weighted by Crippen LogP contribution is -1.97. The summed E-state index contributed by atoms with van der Waals surface area (Å²) in [4.78, 5) is 10.5. The van der Waals surface area contributed by atoms with Gasteiger partial charge in [0.2, 0.25) is 0 Å². The van der Waals surface area contributed by atoms with Crippen molar-refractivity contribution in [1.82, 2.24) is 0 Å². The largest absolute Gasteiger partial charge is 0.497 e. The Morgan fingerprint density at radius 3 is 2.89 bits per heavy atom. The first-order valence-electron chi connectivity index (χ1n) is 6.39. The van der Waals surface area contributed by atoms with Crippen LogP contribution >= 0.6 is 0 Å². The highest BCUT2D eigenvalue weighted by molar-refractivity contribution is 5.79. The Balaban J connectivity index is 2.09. The zero-order valence-corrected chi connectivity index (χ0v) is 11.2. The van der Waals surface area contributed by atoms with Gasteiger partial charge in [-0.15, -0.1) is 0 Å². The molecule has 0 aliphatic rings.